The third-order valence-electron chi connectivity index (χ3n) is 7.23. The van der Waals surface area contributed by atoms with Crippen LogP contribution in [0.25, 0.3) is 11.1 Å². The lowest BCUT2D eigenvalue weighted by molar-refractivity contribution is 0.00578. The Labute approximate surface area is 174 Å². The topological polar surface area (TPSA) is 18.5 Å². The average molecular weight is 382 g/mol. The lowest BCUT2D eigenvalue weighted by Gasteiger charge is -2.32. The van der Waals surface area contributed by atoms with Crippen LogP contribution in [0.15, 0.2) is 72.8 Å². The molecule has 1 saturated heterocycles. The normalized spacial score (nSPS) is 23.7. The Morgan fingerprint density at radius 2 is 1.21 bits per heavy atom. The van der Waals surface area contributed by atoms with Gasteiger partial charge in [0.2, 0.25) is 0 Å². The maximum atomic E-state index is 6.44. The quantitative estimate of drug-likeness (QED) is 0.559. The second kappa shape index (κ2) is 6.07. The fourth-order valence-electron chi connectivity index (χ4n) is 4.82. The average Bonchev–Trinajstić information content (AvgIpc) is 3.11. The summed E-state index contributed by atoms with van der Waals surface area (Å²) in [5, 5.41) is 0. The molecule has 0 aromatic heterocycles. The van der Waals surface area contributed by atoms with Crippen LogP contribution >= 0.6 is 0 Å². The van der Waals surface area contributed by atoms with Crippen LogP contribution in [0, 0.1) is 0 Å². The van der Waals surface area contributed by atoms with E-state index in [2.05, 4.69) is 107 Å². The second-order valence-corrected chi connectivity index (χ2v) is 9.39. The van der Waals surface area contributed by atoms with E-state index < -0.39 is 0 Å². The van der Waals surface area contributed by atoms with Crippen molar-refractivity contribution in [2.24, 2.45) is 0 Å². The highest BCUT2D eigenvalue weighted by Gasteiger charge is 2.53. The molecule has 0 saturated carbocycles. The summed E-state index contributed by atoms with van der Waals surface area (Å²) in [6.45, 7) is 10.8. The van der Waals surface area contributed by atoms with Crippen LogP contribution in [0.4, 0.5) is 0 Å². The van der Waals surface area contributed by atoms with Gasteiger partial charge in [0.25, 0.3) is 0 Å². The van der Waals surface area contributed by atoms with Gasteiger partial charge < -0.3 is 9.31 Å². The number of rotatable bonds is 2. The van der Waals surface area contributed by atoms with Crippen molar-refractivity contribution in [2.75, 3.05) is 0 Å². The summed E-state index contributed by atoms with van der Waals surface area (Å²) < 4.78 is 12.9. The first-order chi connectivity index (χ1) is 13.8. The summed E-state index contributed by atoms with van der Waals surface area (Å²) >= 11 is 0. The highest BCUT2D eigenvalue weighted by atomic mass is 16.7. The zero-order valence-electron chi connectivity index (χ0n) is 17.8. The molecule has 1 heterocycles. The largest absolute Gasteiger partial charge is 0.495 e. The Morgan fingerprint density at radius 1 is 0.621 bits per heavy atom. The van der Waals surface area contributed by atoms with Crippen LogP contribution in [0.3, 0.4) is 0 Å². The van der Waals surface area contributed by atoms with Crippen molar-refractivity contribution < 1.29 is 9.31 Å². The first-order valence-electron chi connectivity index (χ1n) is 10.4. The number of fused-ring (bicyclic) bond motifs is 3. The van der Waals surface area contributed by atoms with Gasteiger partial charge >= 0.3 is 7.12 Å². The van der Waals surface area contributed by atoms with E-state index in [9.17, 15) is 0 Å². The summed E-state index contributed by atoms with van der Waals surface area (Å²) in [5.74, 6) is 0. The lowest BCUT2D eigenvalue weighted by Crippen LogP contribution is -2.41. The molecule has 29 heavy (non-hydrogen) atoms. The molecule has 2 aliphatic rings. The monoisotopic (exact) mass is 382 g/mol. The van der Waals surface area contributed by atoms with Crippen molar-refractivity contribution in [1.29, 1.82) is 0 Å². The summed E-state index contributed by atoms with van der Waals surface area (Å²) in [5.41, 5.74) is 6.69. The molecule has 0 radical (unpaired) electrons. The van der Waals surface area contributed by atoms with E-state index in [0.29, 0.717) is 0 Å². The van der Waals surface area contributed by atoms with Crippen molar-refractivity contribution in [3.05, 3.63) is 89.5 Å². The smallest absolute Gasteiger partial charge is 0.399 e. The van der Waals surface area contributed by atoms with Gasteiger partial charge in [-0.3, -0.25) is 0 Å². The molecule has 1 aliphatic carbocycles. The van der Waals surface area contributed by atoms with E-state index in [1.807, 2.05) is 0 Å². The molecule has 146 valence electrons. The molecule has 3 aromatic rings. The molecular weight excluding hydrogens is 355 g/mol. The van der Waals surface area contributed by atoms with Gasteiger partial charge in [0.15, 0.2) is 0 Å². The Hall–Kier alpha value is -2.36. The van der Waals surface area contributed by atoms with Gasteiger partial charge in [-0.1, -0.05) is 72.8 Å². The lowest BCUT2D eigenvalue weighted by atomic mass is 9.71. The fourth-order valence-corrected chi connectivity index (χ4v) is 4.82. The molecule has 0 amide bonds. The van der Waals surface area contributed by atoms with E-state index in [1.165, 1.54) is 27.8 Å². The standard InChI is InChI=1S/C26H27BO2/c1-24(2)25(3,4)29-27(28-24)22-17-11-16-21-23(22)19-14-9-10-15-20(19)26(21,5)18-12-7-6-8-13-18/h6-17H,1-5H3/t26-/m0/s1. The van der Waals surface area contributed by atoms with E-state index in [4.69, 9.17) is 9.31 Å². The van der Waals surface area contributed by atoms with Gasteiger partial charge in [-0.2, -0.15) is 0 Å². The third kappa shape index (κ3) is 2.51. The Kier molecular flexibility index (Phi) is 3.91. The minimum atomic E-state index is -0.374. The van der Waals surface area contributed by atoms with E-state index >= 15 is 0 Å². The summed E-state index contributed by atoms with van der Waals surface area (Å²) in [6.07, 6.45) is 0. The molecule has 3 aromatic carbocycles. The van der Waals surface area contributed by atoms with Gasteiger partial charge in [0.05, 0.1) is 11.2 Å². The molecule has 3 heteroatoms. The van der Waals surface area contributed by atoms with Gasteiger partial charge in [0.1, 0.15) is 0 Å². The fraction of sp³-hybridized carbons (Fsp3) is 0.308. The van der Waals surface area contributed by atoms with E-state index in [0.717, 1.165) is 5.46 Å². The van der Waals surface area contributed by atoms with Gasteiger partial charge in [-0.25, -0.2) is 0 Å². The maximum absolute atomic E-state index is 6.44. The summed E-state index contributed by atoms with van der Waals surface area (Å²) in [4.78, 5) is 0. The van der Waals surface area contributed by atoms with Gasteiger partial charge in [0, 0.05) is 5.41 Å². The number of hydrogen-bond donors (Lipinski definition) is 0. The number of benzene rings is 3. The minimum absolute atomic E-state index is 0.202. The van der Waals surface area contributed by atoms with Crippen LogP contribution < -0.4 is 5.46 Å². The molecule has 2 nitrogen and oxygen atoms in total. The molecule has 0 bridgehead atoms. The molecule has 1 atom stereocenters. The minimum Gasteiger partial charge on any atom is -0.399 e. The molecular formula is C26H27BO2. The van der Waals surface area contributed by atoms with Crippen molar-refractivity contribution >= 4 is 12.6 Å². The van der Waals surface area contributed by atoms with Crippen molar-refractivity contribution in [1.82, 2.24) is 0 Å². The Balaban J connectivity index is 1.75. The zero-order valence-corrected chi connectivity index (χ0v) is 17.8. The Bertz CT molecular complexity index is 1070. The Morgan fingerprint density at radius 3 is 1.90 bits per heavy atom. The first-order valence-corrected chi connectivity index (χ1v) is 10.4. The predicted molar refractivity (Wildman–Crippen MR) is 120 cm³/mol. The highest BCUT2D eigenvalue weighted by Crippen LogP contribution is 2.52. The van der Waals surface area contributed by atoms with Crippen LogP contribution in [0.5, 0.6) is 0 Å². The highest BCUT2D eigenvalue weighted by molar-refractivity contribution is 6.64. The van der Waals surface area contributed by atoms with Gasteiger partial charge in [-0.15, -0.1) is 0 Å². The second-order valence-electron chi connectivity index (χ2n) is 9.39. The summed E-state index contributed by atoms with van der Waals surface area (Å²) in [7, 11) is -0.374. The van der Waals surface area contributed by atoms with Crippen LogP contribution in [0.2, 0.25) is 0 Å². The van der Waals surface area contributed by atoms with Crippen molar-refractivity contribution in [2.45, 2.75) is 51.2 Å². The van der Waals surface area contributed by atoms with Crippen LogP contribution in [0.1, 0.15) is 51.3 Å². The SMILES string of the molecule is CC1(C)OB(c2cccc3c2-c2ccccc2[C@]3(C)c2ccccc2)OC1(C)C. The molecule has 1 aliphatic heterocycles. The maximum Gasteiger partial charge on any atom is 0.495 e. The number of hydrogen-bond acceptors (Lipinski definition) is 2. The van der Waals surface area contributed by atoms with E-state index in [1.54, 1.807) is 0 Å². The van der Waals surface area contributed by atoms with Crippen LogP contribution in [-0.2, 0) is 14.7 Å². The molecule has 5 rings (SSSR count). The third-order valence-corrected chi connectivity index (χ3v) is 7.23. The van der Waals surface area contributed by atoms with Crippen molar-refractivity contribution in [3.8, 4) is 11.1 Å². The first kappa shape index (κ1) is 18.7. The van der Waals surface area contributed by atoms with Crippen LogP contribution in [-0.4, -0.2) is 18.3 Å². The molecule has 1 fully saturated rings. The molecule has 0 spiro atoms. The molecule has 0 N–H and O–H groups in total. The zero-order chi connectivity index (χ0) is 20.4. The molecule has 0 unspecified atom stereocenters. The van der Waals surface area contributed by atoms with Gasteiger partial charge in [-0.05, 0) is 67.9 Å². The summed E-state index contributed by atoms with van der Waals surface area (Å²) in [6, 6.07) is 26.1. The predicted octanol–water partition coefficient (Wildman–Crippen LogP) is 5.32. The van der Waals surface area contributed by atoms with E-state index in [-0.39, 0.29) is 23.7 Å². The van der Waals surface area contributed by atoms with Crippen molar-refractivity contribution in [3.63, 3.8) is 0 Å².